The van der Waals surface area contributed by atoms with Crippen LogP contribution in [0.5, 0.6) is 0 Å². The Balaban J connectivity index is 1.48. The summed E-state index contributed by atoms with van der Waals surface area (Å²) in [5.41, 5.74) is 1.19. The molecule has 1 aliphatic carbocycles. The summed E-state index contributed by atoms with van der Waals surface area (Å²) in [6.45, 7) is 3.21. The van der Waals surface area contributed by atoms with Crippen molar-refractivity contribution in [2.45, 2.75) is 25.4 Å². The molecule has 0 bridgehead atoms. The summed E-state index contributed by atoms with van der Waals surface area (Å²) in [5, 5.41) is 5.67. The molecule has 2 nitrogen and oxygen atoms in total. The van der Waals surface area contributed by atoms with Crippen molar-refractivity contribution in [3.8, 4) is 0 Å². The second-order valence-electron chi connectivity index (χ2n) is 5.21. The van der Waals surface area contributed by atoms with Gasteiger partial charge in [-0.05, 0) is 48.6 Å². The average Bonchev–Trinajstić information content (AvgIpc) is 3.18. The van der Waals surface area contributed by atoms with Crippen molar-refractivity contribution in [3.63, 3.8) is 0 Å². The molecule has 0 radical (unpaired) electrons. The van der Waals surface area contributed by atoms with Crippen molar-refractivity contribution in [2.75, 3.05) is 18.4 Å². The smallest absolute Gasteiger partial charge is 0.0341 e. The van der Waals surface area contributed by atoms with Crippen LogP contribution in [-0.2, 0) is 6.54 Å². The molecule has 20 heavy (non-hydrogen) atoms. The normalized spacial score (nSPS) is 14.7. The molecule has 0 saturated heterocycles. The average molecular weight is 351 g/mol. The summed E-state index contributed by atoms with van der Waals surface area (Å²) in [6, 6.07) is 13.6. The van der Waals surface area contributed by atoms with E-state index in [9.17, 15) is 0 Å². The number of nitrogens with zero attached hydrogens (tertiary/aromatic N) is 1. The van der Waals surface area contributed by atoms with Crippen molar-refractivity contribution in [3.05, 3.63) is 51.1 Å². The van der Waals surface area contributed by atoms with Crippen LogP contribution in [-0.4, -0.2) is 24.0 Å². The van der Waals surface area contributed by atoms with E-state index in [4.69, 9.17) is 0 Å². The van der Waals surface area contributed by atoms with Gasteiger partial charge in [0.2, 0.25) is 0 Å². The molecule has 1 heterocycles. The predicted molar refractivity (Wildman–Crippen MR) is 90.4 cm³/mol. The fraction of sp³-hybridized carbons (Fsp3) is 0.375. The molecule has 1 aromatic carbocycles. The van der Waals surface area contributed by atoms with Gasteiger partial charge in [0.15, 0.2) is 0 Å². The Morgan fingerprint density at radius 3 is 2.65 bits per heavy atom. The van der Waals surface area contributed by atoms with Crippen LogP contribution in [0.15, 0.2) is 46.3 Å². The van der Waals surface area contributed by atoms with Gasteiger partial charge in [0.05, 0.1) is 0 Å². The zero-order valence-corrected chi connectivity index (χ0v) is 13.8. The van der Waals surface area contributed by atoms with E-state index in [0.29, 0.717) is 0 Å². The van der Waals surface area contributed by atoms with E-state index >= 15 is 0 Å². The lowest BCUT2D eigenvalue weighted by molar-refractivity contribution is 0.267. The first-order valence-electron chi connectivity index (χ1n) is 7.07. The second-order valence-corrected chi connectivity index (χ2v) is 7.16. The summed E-state index contributed by atoms with van der Waals surface area (Å²) < 4.78 is 1.13. The molecule has 4 heteroatoms. The number of halogens is 1. The summed E-state index contributed by atoms with van der Waals surface area (Å²) in [4.78, 5) is 4.08. The first-order valence-corrected chi connectivity index (χ1v) is 8.74. The third kappa shape index (κ3) is 4.08. The molecule has 1 aromatic heterocycles. The molecule has 2 aromatic rings. The molecular formula is C16H19BrN2S. The van der Waals surface area contributed by atoms with Gasteiger partial charge in [0.1, 0.15) is 0 Å². The number of anilines is 1. The number of hydrogen-bond acceptors (Lipinski definition) is 3. The number of thiophene rings is 1. The Kier molecular flexibility index (Phi) is 4.76. The quantitative estimate of drug-likeness (QED) is 0.785. The summed E-state index contributed by atoms with van der Waals surface area (Å²) in [6.07, 6.45) is 2.73. The van der Waals surface area contributed by atoms with Crippen LogP contribution in [0.25, 0.3) is 0 Å². The first kappa shape index (κ1) is 14.1. The van der Waals surface area contributed by atoms with E-state index < -0.39 is 0 Å². The van der Waals surface area contributed by atoms with Crippen LogP contribution in [0, 0.1) is 0 Å². The van der Waals surface area contributed by atoms with Gasteiger partial charge in [0, 0.05) is 40.7 Å². The highest BCUT2D eigenvalue weighted by Crippen LogP contribution is 2.28. The molecule has 0 aliphatic heterocycles. The van der Waals surface area contributed by atoms with Gasteiger partial charge in [-0.25, -0.2) is 0 Å². The Morgan fingerprint density at radius 1 is 1.20 bits per heavy atom. The van der Waals surface area contributed by atoms with E-state index in [1.807, 2.05) is 11.3 Å². The number of benzene rings is 1. The topological polar surface area (TPSA) is 15.3 Å². The fourth-order valence-electron chi connectivity index (χ4n) is 2.34. The highest BCUT2D eigenvalue weighted by atomic mass is 79.9. The van der Waals surface area contributed by atoms with Crippen LogP contribution in [0.1, 0.15) is 17.7 Å². The molecule has 0 atom stereocenters. The van der Waals surface area contributed by atoms with Gasteiger partial charge in [-0.1, -0.05) is 22.0 Å². The monoisotopic (exact) mass is 350 g/mol. The molecule has 106 valence electrons. The molecule has 0 unspecified atom stereocenters. The molecular weight excluding hydrogens is 332 g/mol. The Hall–Kier alpha value is -0.840. The molecule has 1 saturated carbocycles. The van der Waals surface area contributed by atoms with Crippen LogP contribution >= 0.6 is 27.3 Å². The lowest BCUT2D eigenvalue weighted by Crippen LogP contribution is -2.30. The van der Waals surface area contributed by atoms with Crippen molar-refractivity contribution in [1.29, 1.82) is 0 Å². The van der Waals surface area contributed by atoms with Gasteiger partial charge in [0.25, 0.3) is 0 Å². The summed E-state index contributed by atoms with van der Waals surface area (Å²) in [7, 11) is 0. The number of rotatable bonds is 7. The van der Waals surface area contributed by atoms with E-state index in [-0.39, 0.29) is 0 Å². The van der Waals surface area contributed by atoms with Crippen LogP contribution < -0.4 is 5.32 Å². The Labute approximate surface area is 132 Å². The third-order valence-corrected chi connectivity index (χ3v) is 4.96. The zero-order chi connectivity index (χ0) is 13.8. The lowest BCUT2D eigenvalue weighted by atomic mass is 10.3. The Bertz CT molecular complexity index is 520. The summed E-state index contributed by atoms with van der Waals surface area (Å²) in [5.74, 6) is 0. The zero-order valence-electron chi connectivity index (χ0n) is 11.4. The maximum absolute atomic E-state index is 3.51. The third-order valence-electron chi connectivity index (χ3n) is 3.57. The highest BCUT2D eigenvalue weighted by Gasteiger charge is 2.28. The molecule has 0 amide bonds. The molecule has 0 spiro atoms. The van der Waals surface area contributed by atoms with Crippen LogP contribution in [0.2, 0.25) is 0 Å². The van der Waals surface area contributed by atoms with E-state index in [2.05, 4.69) is 67.9 Å². The largest absolute Gasteiger partial charge is 0.384 e. The minimum Gasteiger partial charge on any atom is -0.384 e. The molecule has 1 N–H and O–H groups in total. The molecule has 1 aliphatic rings. The number of nitrogens with one attached hydrogen (secondary N) is 1. The maximum Gasteiger partial charge on any atom is 0.0341 e. The predicted octanol–water partition coefficient (Wildman–Crippen LogP) is 4.59. The van der Waals surface area contributed by atoms with Gasteiger partial charge >= 0.3 is 0 Å². The van der Waals surface area contributed by atoms with Gasteiger partial charge in [-0.2, -0.15) is 0 Å². The van der Waals surface area contributed by atoms with E-state index in [1.165, 1.54) is 23.4 Å². The maximum atomic E-state index is 3.51. The number of hydrogen-bond donors (Lipinski definition) is 1. The fourth-order valence-corrected chi connectivity index (χ4v) is 3.34. The Morgan fingerprint density at radius 2 is 2.00 bits per heavy atom. The molecule has 3 rings (SSSR count). The standard InChI is InChI=1S/C16H19BrN2S/c17-13-3-5-14(6-4-13)18-9-10-19(15-7-8-15)12-16-2-1-11-20-16/h1-6,11,15,18H,7-10,12H2. The summed E-state index contributed by atoms with van der Waals surface area (Å²) >= 11 is 5.32. The highest BCUT2D eigenvalue weighted by molar-refractivity contribution is 9.10. The van der Waals surface area contributed by atoms with Crippen LogP contribution in [0.3, 0.4) is 0 Å². The SMILES string of the molecule is Brc1ccc(NCCN(Cc2cccs2)C2CC2)cc1. The van der Waals surface area contributed by atoms with Gasteiger partial charge in [-0.3, -0.25) is 4.90 Å². The second kappa shape index (κ2) is 6.74. The molecule has 1 fully saturated rings. The van der Waals surface area contributed by atoms with E-state index in [1.54, 1.807) is 0 Å². The van der Waals surface area contributed by atoms with Gasteiger partial charge < -0.3 is 5.32 Å². The van der Waals surface area contributed by atoms with Gasteiger partial charge in [-0.15, -0.1) is 11.3 Å². The van der Waals surface area contributed by atoms with E-state index in [0.717, 1.165) is 30.1 Å². The minimum atomic E-state index is 0.809. The van der Waals surface area contributed by atoms with Crippen molar-refractivity contribution < 1.29 is 0 Å². The lowest BCUT2D eigenvalue weighted by Gasteiger charge is -2.21. The van der Waals surface area contributed by atoms with Crippen molar-refractivity contribution in [1.82, 2.24) is 4.90 Å². The van der Waals surface area contributed by atoms with Crippen molar-refractivity contribution in [2.24, 2.45) is 0 Å². The minimum absolute atomic E-state index is 0.809. The van der Waals surface area contributed by atoms with Crippen molar-refractivity contribution >= 4 is 33.0 Å². The first-order chi connectivity index (χ1) is 9.81. The van der Waals surface area contributed by atoms with Crippen LogP contribution in [0.4, 0.5) is 5.69 Å².